The average Bonchev–Trinajstić information content (AvgIpc) is 3.67. The maximum absolute atomic E-state index is 12.4. The molecular weight excluding hydrogens is 488 g/mol. The monoisotopic (exact) mass is 510 g/mol. The van der Waals surface area contributed by atoms with Crippen LogP contribution in [0.4, 0.5) is 11.8 Å². The molecule has 190 valence electrons. The van der Waals surface area contributed by atoms with Gasteiger partial charge in [0.05, 0.1) is 17.1 Å². The Labute approximate surface area is 216 Å². The van der Waals surface area contributed by atoms with E-state index in [2.05, 4.69) is 40.6 Å². The summed E-state index contributed by atoms with van der Waals surface area (Å²) in [4.78, 5) is 31.8. The minimum absolute atomic E-state index is 0.0975. The predicted octanol–water partition coefficient (Wildman–Crippen LogP) is 2.18. The van der Waals surface area contributed by atoms with Gasteiger partial charge >= 0.3 is 0 Å². The fourth-order valence-corrected chi connectivity index (χ4v) is 4.21. The molecule has 1 fully saturated rings. The number of hydrogen-bond acceptors (Lipinski definition) is 11. The van der Waals surface area contributed by atoms with Crippen LogP contribution in [0.2, 0.25) is 0 Å². The van der Waals surface area contributed by atoms with Crippen molar-refractivity contribution in [3.63, 3.8) is 0 Å². The molecule has 13 nitrogen and oxygen atoms in total. The van der Waals surface area contributed by atoms with Crippen molar-refractivity contribution in [2.24, 2.45) is 7.05 Å². The third-order valence-corrected chi connectivity index (χ3v) is 6.33. The maximum Gasteiger partial charge on any atom is 0.262 e. The van der Waals surface area contributed by atoms with E-state index in [0.29, 0.717) is 46.9 Å². The molecule has 0 aromatic carbocycles. The van der Waals surface area contributed by atoms with Crippen LogP contribution in [0.3, 0.4) is 0 Å². The first-order chi connectivity index (χ1) is 18.4. The van der Waals surface area contributed by atoms with Crippen molar-refractivity contribution in [1.82, 2.24) is 44.8 Å². The van der Waals surface area contributed by atoms with Crippen molar-refractivity contribution < 1.29 is 14.4 Å². The zero-order valence-corrected chi connectivity index (χ0v) is 20.5. The summed E-state index contributed by atoms with van der Waals surface area (Å²) in [6.45, 7) is 0.435. The van der Waals surface area contributed by atoms with Crippen molar-refractivity contribution >= 4 is 17.7 Å². The number of carbonyl (C=O) groups excluding carboxylic acids is 1. The van der Waals surface area contributed by atoms with Crippen LogP contribution in [0.5, 0.6) is 0 Å². The van der Waals surface area contributed by atoms with E-state index in [-0.39, 0.29) is 12.2 Å². The number of carbonyl (C=O) groups is 1. The van der Waals surface area contributed by atoms with Gasteiger partial charge in [0.1, 0.15) is 17.8 Å². The summed E-state index contributed by atoms with van der Waals surface area (Å²) in [6, 6.07) is 12.4. The number of rotatable bonds is 6. The fourth-order valence-electron chi connectivity index (χ4n) is 4.21. The summed E-state index contributed by atoms with van der Waals surface area (Å²) in [7, 11) is 3.50. The number of anilines is 2. The molecule has 1 aliphatic heterocycles. The lowest BCUT2D eigenvalue weighted by atomic mass is 9.98. The van der Waals surface area contributed by atoms with Crippen LogP contribution in [0.25, 0.3) is 34.2 Å². The zero-order valence-electron chi connectivity index (χ0n) is 20.5. The SMILES string of the molecule is CN1CCC(O)(c2cc(-c3cccc(-c4ccnc(Nc5ccc(-c6nncn6C)cn5)n4)n3)no2)C1=O. The molecule has 6 rings (SSSR count). The second kappa shape index (κ2) is 9.12. The van der Waals surface area contributed by atoms with E-state index in [1.807, 2.05) is 35.9 Å². The number of aliphatic hydroxyl groups is 1. The van der Waals surface area contributed by atoms with Crippen LogP contribution in [-0.4, -0.2) is 69.4 Å². The summed E-state index contributed by atoms with van der Waals surface area (Å²) in [5.41, 5.74) is 1.18. The summed E-state index contributed by atoms with van der Waals surface area (Å²) in [5, 5.41) is 26.0. The number of aromatic nitrogens is 8. The van der Waals surface area contributed by atoms with E-state index in [4.69, 9.17) is 4.52 Å². The second-order valence-corrected chi connectivity index (χ2v) is 8.91. The van der Waals surface area contributed by atoms with Gasteiger partial charge < -0.3 is 24.4 Å². The van der Waals surface area contributed by atoms with Gasteiger partial charge in [0, 0.05) is 51.1 Å². The summed E-state index contributed by atoms with van der Waals surface area (Å²) in [6.07, 6.45) is 5.18. The molecule has 38 heavy (non-hydrogen) atoms. The van der Waals surface area contributed by atoms with E-state index in [9.17, 15) is 9.90 Å². The molecule has 6 heterocycles. The first-order valence-electron chi connectivity index (χ1n) is 11.7. The molecule has 0 aliphatic carbocycles. The number of pyridine rings is 2. The third kappa shape index (κ3) is 4.14. The molecule has 5 aromatic rings. The molecule has 1 amide bonds. The molecule has 13 heteroatoms. The number of amides is 1. The highest BCUT2D eigenvalue weighted by Gasteiger charge is 2.48. The lowest BCUT2D eigenvalue weighted by Crippen LogP contribution is -2.35. The lowest BCUT2D eigenvalue weighted by molar-refractivity contribution is -0.144. The Kier molecular flexibility index (Phi) is 5.61. The normalized spacial score (nSPS) is 17.2. The van der Waals surface area contributed by atoms with E-state index in [1.165, 1.54) is 4.90 Å². The van der Waals surface area contributed by atoms with Crippen molar-refractivity contribution in [1.29, 1.82) is 0 Å². The van der Waals surface area contributed by atoms with Gasteiger partial charge in [-0.3, -0.25) is 4.79 Å². The molecule has 0 radical (unpaired) electrons. The summed E-state index contributed by atoms with van der Waals surface area (Å²) >= 11 is 0. The quantitative estimate of drug-likeness (QED) is 0.344. The molecule has 2 N–H and O–H groups in total. The van der Waals surface area contributed by atoms with Crippen molar-refractivity contribution in [3.8, 4) is 34.2 Å². The molecule has 0 spiro atoms. The van der Waals surface area contributed by atoms with Gasteiger partial charge in [-0.05, 0) is 30.3 Å². The first-order valence-corrected chi connectivity index (χ1v) is 11.7. The molecule has 1 saturated heterocycles. The number of hydrogen-bond donors (Lipinski definition) is 2. The van der Waals surface area contributed by atoms with E-state index < -0.39 is 11.5 Å². The molecular formula is C25H22N10O3. The van der Waals surface area contributed by atoms with Crippen molar-refractivity contribution in [2.75, 3.05) is 18.9 Å². The highest BCUT2D eigenvalue weighted by molar-refractivity contribution is 5.87. The smallest absolute Gasteiger partial charge is 0.262 e. The van der Waals surface area contributed by atoms with Crippen LogP contribution < -0.4 is 5.32 Å². The number of aryl methyl sites for hydroxylation is 1. The van der Waals surface area contributed by atoms with E-state index >= 15 is 0 Å². The highest BCUT2D eigenvalue weighted by Crippen LogP contribution is 2.34. The molecule has 1 unspecified atom stereocenters. The van der Waals surface area contributed by atoms with Gasteiger partial charge in [-0.1, -0.05) is 11.2 Å². The van der Waals surface area contributed by atoms with Crippen LogP contribution >= 0.6 is 0 Å². The zero-order chi connectivity index (χ0) is 26.3. The minimum Gasteiger partial charge on any atom is -0.373 e. The lowest BCUT2D eigenvalue weighted by Gasteiger charge is -2.16. The Morgan fingerprint density at radius 2 is 1.84 bits per heavy atom. The van der Waals surface area contributed by atoms with E-state index in [0.717, 1.165) is 5.56 Å². The van der Waals surface area contributed by atoms with Crippen molar-refractivity contribution in [3.05, 3.63) is 66.9 Å². The second-order valence-electron chi connectivity index (χ2n) is 8.91. The Morgan fingerprint density at radius 1 is 1.03 bits per heavy atom. The maximum atomic E-state index is 12.4. The number of likely N-dealkylation sites (N-methyl/N-ethyl adjacent to an activating group) is 1. The predicted molar refractivity (Wildman–Crippen MR) is 134 cm³/mol. The largest absolute Gasteiger partial charge is 0.373 e. The third-order valence-electron chi connectivity index (χ3n) is 6.33. The van der Waals surface area contributed by atoms with Gasteiger partial charge in [0.25, 0.3) is 5.91 Å². The molecule has 0 bridgehead atoms. The Morgan fingerprint density at radius 3 is 2.55 bits per heavy atom. The number of nitrogens with one attached hydrogen (secondary N) is 1. The minimum atomic E-state index is -1.72. The van der Waals surface area contributed by atoms with Gasteiger partial charge in [-0.25, -0.2) is 19.9 Å². The van der Waals surface area contributed by atoms with Crippen LogP contribution in [-0.2, 0) is 17.4 Å². The van der Waals surface area contributed by atoms with Crippen LogP contribution in [0.1, 0.15) is 12.2 Å². The Balaban J connectivity index is 1.22. The number of nitrogens with zero attached hydrogens (tertiary/aromatic N) is 9. The van der Waals surface area contributed by atoms with Crippen LogP contribution in [0, 0.1) is 0 Å². The highest BCUT2D eigenvalue weighted by atomic mass is 16.5. The van der Waals surface area contributed by atoms with Gasteiger partial charge in [0.2, 0.25) is 11.5 Å². The molecule has 1 aliphatic rings. The standard InChI is InChI=1S/C25H22N10O3/c1-34-11-9-25(37,23(34)36)20-12-19(33-38-20)17-5-3-4-16(29-17)18-8-10-26-24(30-18)31-21-7-6-15(13-27-21)22-32-28-14-35(22)2/h3-8,10,12-14,37H,9,11H2,1-2H3,(H,26,27,30,31). The van der Waals surface area contributed by atoms with Crippen molar-refractivity contribution in [2.45, 2.75) is 12.0 Å². The Hall–Kier alpha value is -5.04. The summed E-state index contributed by atoms with van der Waals surface area (Å²) < 4.78 is 7.17. The summed E-state index contributed by atoms with van der Waals surface area (Å²) in [5.74, 6) is 1.31. The van der Waals surface area contributed by atoms with E-state index in [1.54, 1.807) is 44.0 Å². The molecule has 1 atom stereocenters. The van der Waals surface area contributed by atoms with Gasteiger partial charge in [0.15, 0.2) is 11.6 Å². The van der Waals surface area contributed by atoms with Gasteiger partial charge in [-0.15, -0.1) is 10.2 Å². The number of likely N-dealkylation sites (tertiary alicyclic amines) is 1. The Bertz CT molecular complexity index is 1630. The fraction of sp³-hybridized carbons (Fsp3) is 0.200. The first kappa shape index (κ1) is 23.4. The van der Waals surface area contributed by atoms with Gasteiger partial charge in [-0.2, -0.15) is 0 Å². The average molecular weight is 511 g/mol. The molecule has 5 aromatic heterocycles. The van der Waals surface area contributed by atoms with Crippen LogP contribution in [0.15, 0.2) is 65.7 Å². The molecule has 0 saturated carbocycles. The topological polar surface area (TPSA) is 161 Å².